The minimum atomic E-state index is -0.910. The van der Waals surface area contributed by atoms with Crippen LogP contribution in [0.25, 0.3) is 0 Å². The van der Waals surface area contributed by atoms with Gasteiger partial charge < -0.3 is 10.4 Å². The molecule has 0 aromatic rings. The van der Waals surface area contributed by atoms with Gasteiger partial charge in [0.25, 0.3) is 0 Å². The molecule has 1 rings (SSSR count). The first-order valence-corrected chi connectivity index (χ1v) is 5.11. The van der Waals surface area contributed by atoms with Crippen LogP contribution in [0.2, 0.25) is 0 Å². The standard InChI is InChI=1S/C10H18N2O2/c1-2-12(9-3-4-9)8-7-11-6-5-10(13)14/h5-6,9,11H,2-4,7-8H2,1H3,(H,13,14)/b6-5+. The highest BCUT2D eigenvalue weighted by Crippen LogP contribution is 2.25. The molecule has 0 bridgehead atoms. The molecule has 1 aliphatic rings. The van der Waals surface area contributed by atoms with Gasteiger partial charge in [0.2, 0.25) is 0 Å². The molecule has 0 saturated heterocycles. The SMILES string of the molecule is CCN(CCN/C=C/C(=O)O)C1CC1. The second kappa shape index (κ2) is 5.65. The van der Waals surface area contributed by atoms with Gasteiger partial charge in [-0.25, -0.2) is 4.79 Å². The highest BCUT2D eigenvalue weighted by molar-refractivity contribution is 5.79. The van der Waals surface area contributed by atoms with Gasteiger partial charge in [-0.3, -0.25) is 4.90 Å². The summed E-state index contributed by atoms with van der Waals surface area (Å²) in [5.74, 6) is -0.910. The van der Waals surface area contributed by atoms with Gasteiger partial charge >= 0.3 is 5.97 Å². The van der Waals surface area contributed by atoms with E-state index in [0.717, 1.165) is 31.8 Å². The maximum atomic E-state index is 10.1. The average Bonchev–Trinajstić information content (AvgIpc) is 2.94. The largest absolute Gasteiger partial charge is 0.478 e. The molecular weight excluding hydrogens is 180 g/mol. The van der Waals surface area contributed by atoms with Crippen molar-refractivity contribution in [1.82, 2.24) is 10.2 Å². The minimum absolute atomic E-state index is 0.783. The Balaban J connectivity index is 2.04. The normalized spacial score (nSPS) is 16.4. The molecule has 80 valence electrons. The summed E-state index contributed by atoms with van der Waals surface area (Å²) in [6, 6.07) is 0.783. The van der Waals surface area contributed by atoms with Crippen molar-refractivity contribution in [2.45, 2.75) is 25.8 Å². The summed E-state index contributed by atoms with van der Waals surface area (Å²) in [6.45, 7) is 5.04. The van der Waals surface area contributed by atoms with Crippen molar-refractivity contribution in [3.63, 3.8) is 0 Å². The number of likely N-dealkylation sites (N-methyl/N-ethyl adjacent to an activating group) is 1. The Morgan fingerprint density at radius 2 is 2.36 bits per heavy atom. The second-order valence-corrected chi connectivity index (χ2v) is 3.49. The summed E-state index contributed by atoms with van der Waals surface area (Å²) in [5.41, 5.74) is 0. The van der Waals surface area contributed by atoms with Crippen molar-refractivity contribution in [1.29, 1.82) is 0 Å². The van der Waals surface area contributed by atoms with E-state index in [0.29, 0.717) is 0 Å². The fourth-order valence-corrected chi connectivity index (χ4v) is 1.46. The fourth-order valence-electron chi connectivity index (χ4n) is 1.46. The van der Waals surface area contributed by atoms with Gasteiger partial charge in [-0.05, 0) is 19.4 Å². The predicted octanol–water partition coefficient (Wildman–Crippen LogP) is 0.659. The van der Waals surface area contributed by atoms with Crippen LogP contribution in [0, 0.1) is 0 Å². The number of hydrogen-bond acceptors (Lipinski definition) is 3. The number of hydrogen-bond donors (Lipinski definition) is 2. The van der Waals surface area contributed by atoms with Gasteiger partial charge in [-0.15, -0.1) is 0 Å². The van der Waals surface area contributed by atoms with Crippen LogP contribution in [0.1, 0.15) is 19.8 Å². The molecule has 4 nitrogen and oxygen atoms in total. The van der Waals surface area contributed by atoms with Gasteiger partial charge in [0.15, 0.2) is 0 Å². The van der Waals surface area contributed by atoms with E-state index in [4.69, 9.17) is 5.11 Å². The average molecular weight is 198 g/mol. The molecule has 1 fully saturated rings. The lowest BCUT2D eigenvalue weighted by Gasteiger charge is -2.19. The van der Waals surface area contributed by atoms with Crippen LogP contribution in [0.15, 0.2) is 12.3 Å². The predicted molar refractivity (Wildman–Crippen MR) is 55.0 cm³/mol. The van der Waals surface area contributed by atoms with Gasteiger partial charge in [0.1, 0.15) is 0 Å². The van der Waals surface area contributed by atoms with Crippen LogP contribution in [-0.2, 0) is 4.79 Å². The van der Waals surface area contributed by atoms with Crippen LogP contribution in [0.4, 0.5) is 0 Å². The maximum absolute atomic E-state index is 10.1. The Morgan fingerprint density at radius 3 is 2.86 bits per heavy atom. The molecule has 0 atom stereocenters. The first-order chi connectivity index (χ1) is 6.74. The number of carboxylic acid groups (broad SMARTS) is 1. The summed E-state index contributed by atoms with van der Waals surface area (Å²) < 4.78 is 0. The van der Waals surface area contributed by atoms with Crippen molar-refractivity contribution >= 4 is 5.97 Å². The monoisotopic (exact) mass is 198 g/mol. The Morgan fingerprint density at radius 1 is 1.64 bits per heavy atom. The van der Waals surface area contributed by atoms with E-state index >= 15 is 0 Å². The quantitative estimate of drug-likeness (QED) is 0.466. The number of carbonyl (C=O) groups is 1. The summed E-state index contributed by atoms with van der Waals surface area (Å²) in [6.07, 6.45) is 5.24. The van der Waals surface area contributed by atoms with E-state index < -0.39 is 5.97 Å². The number of nitrogens with zero attached hydrogens (tertiary/aromatic N) is 1. The molecule has 0 unspecified atom stereocenters. The van der Waals surface area contributed by atoms with E-state index in [1.807, 2.05) is 0 Å². The van der Waals surface area contributed by atoms with E-state index in [9.17, 15) is 4.79 Å². The Kier molecular flexibility index (Phi) is 4.46. The highest BCUT2D eigenvalue weighted by Gasteiger charge is 2.26. The van der Waals surface area contributed by atoms with Crippen molar-refractivity contribution in [2.24, 2.45) is 0 Å². The number of rotatable bonds is 7. The molecular formula is C10H18N2O2. The zero-order valence-electron chi connectivity index (χ0n) is 8.57. The summed E-state index contributed by atoms with van der Waals surface area (Å²) in [5, 5.41) is 11.3. The van der Waals surface area contributed by atoms with Crippen LogP contribution < -0.4 is 5.32 Å². The molecule has 0 aromatic carbocycles. The number of carboxylic acids is 1. The smallest absolute Gasteiger partial charge is 0.329 e. The molecule has 14 heavy (non-hydrogen) atoms. The zero-order chi connectivity index (χ0) is 10.4. The first kappa shape index (κ1) is 11.0. The third kappa shape index (κ3) is 4.28. The fraction of sp³-hybridized carbons (Fsp3) is 0.700. The molecule has 0 aliphatic heterocycles. The summed E-state index contributed by atoms with van der Waals surface area (Å²) in [7, 11) is 0. The molecule has 2 N–H and O–H groups in total. The molecule has 1 aliphatic carbocycles. The third-order valence-corrected chi connectivity index (χ3v) is 2.36. The molecule has 0 heterocycles. The van der Waals surface area contributed by atoms with Gasteiger partial charge in [0, 0.05) is 31.4 Å². The second-order valence-electron chi connectivity index (χ2n) is 3.49. The molecule has 0 amide bonds. The van der Waals surface area contributed by atoms with E-state index in [-0.39, 0.29) is 0 Å². The molecule has 0 spiro atoms. The number of aliphatic carboxylic acids is 1. The van der Waals surface area contributed by atoms with Crippen molar-refractivity contribution in [2.75, 3.05) is 19.6 Å². The third-order valence-electron chi connectivity index (χ3n) is 2.36. The highest BCUT2D eigenvalue weighted by atomic mass is 16.4. The molecule has 1 saturated carbocycles. The Labute approximate surface area is 84.6 Å². The topological polar surface area (TPSA) is 52.6 Å². The van der Waals surface area contributed by atoms with Crippen molar-refractivity contribution in [3.05, 3.63) is 12.3 Å². The maximum Gasteiger partial charge on any atom is 0.329 e. The number of nitrogens with one attached hydrogen (secondary N) is 1. The van der Waals surface area contributed by atoms with E-state index in [1.54, 1.807) is 0 Å². The van der Waals surface area contributed by atoms with Crippen LogP contribution in [0.5, 0.6) is 0 Å². The Hall–Kier alpha value is -1.03. The summed E-state index contributed by atoms with van der Waals surface area (Å²) >= 11 is 0. The lowest BCUT2D eigenvalue weighted by Crippen LogP contribution is -2.32. The molecule has 0 radical (unpaired) electrons. The lowest BCUT2D eigenvalue weighted by atomic mass is 10.4. The van der Waals surface area contributed by atoms with E-state index in [2.05, 4.69) is 17.1 Å². The van der Waals surface area contributed by atoms with Crippen molar-refractivity contribution < 1.29 is 9.90 Å². The minimum Gasteiger partial charge on any atom is -0.478 e. The van der Waals surface area contributed by atoms with Crippen LogP contribution >= 0.6 is 0 Å². The van der Waals surface area contributed by atoms with Crippen LogP contribution in [0.3, 0.4) is 0 Å². The zero-order valence-corrected chi connectivity index (χ0v) is 8.57. The van der Waals surface area contributed by atoms with Crippen LogP contribution in [-0.4, -0.2) is 41.7 Å². The van der Waals surface area contributed by atoms with Crippen molar-refractivity contribution in [3.8, 4) is 0 Å². The lowest BCUT2D eigenvalue weighted by molar-refractivity contribution is -0.131. The van der Waals surface area contributed by atoms with Gasteiger partial charge in [-0.2, -0.15) is 0 Å². The first-order valence-electron chi connectivity index (χ1n) is 5.11. The molecule has 0 aromatic heterocycles. The van der Waals surface area contributed by atoms with Gasteiger partial charge in [0.05, 0.1) is 0 Å². The van der Waals surface area contributed by atoms with E-state index in [1.165, 1.54) is 19.0 Å². The Bertz CT molecular complexity index is 212. The molecule has 4 heteroatoms. The van der Waals surface area contributed by atoms with Gasteiger partial charge in [-0.1, -0.05) is 6.92 Å². The summed E-state index contributed by atoms with van der Waals surface area (Å²) in [4.78, 5) is 12.6.